The minimum atomic E-state index is -4.00. The molecule has 2 aromatic heterocycles. The molecule has 0 amide bonds. The van der Waals surface area contributed by atoms with Crippen LogP contribution in [0.15, 0.2) is 70.9 Å². The Morgan fingerprint density at radius 3 is 2.58 bits per heavy atom. The van der Waals surface area contributed by atoms with Crippen LogP contribution in [0.4, 0.5) is 8.78 Å². The molecule has 0 aliphatic heterocycles. The van der Waals surface area contributed by atoms with Gasteiger partial charge < -0.3 is 5.11 Å². The molecule has 1 atom stereocenters. The standard InChI is InChI=1S/C33H26F2N4O4S2/c34-26-9-8-22(16-24(26)23-14-20-3-1-2-4-21(20)15-23)31-25(11-19-7-10-30(27(35)12-19)45(36,42)43)29(13-18-5-6-18)39(38-31)33-37-28(17-44-33)32(40)41/h1-4,7-10,12,14,16-18H,5-6,11,13,15H2,(H3-,36,40,41,42,43)/p+1. The largest absolute Gasteiger partial charge is 0.476 e. The molecule has 0 radical (unpaired) electrons. The van der Waals surface area contributed by atoms with Gasteiger partial charge in [-0.3, -0.25) is 0 Å². The minimum Gasteiger partial charge on any atom is -0.476 e. The highest BCUT2D eigenvalue weighted by Gasteiger charge is 2.31. The van der Waals surface area contributed by atoms with E-state index in [2.05, 4.69) is 4.98 Å². The lowest BCUT2D eigenvalue weighted by atomic mass is 9.94. The lowest BCUT2D eigenvalue weighted by molar-refractivity contribution is 0.0691. The predicted octanol–water partition coefficient (Wildman–Crippen LogP) is 6.82. The zero-order chi connectivity index (χ0) is 31.5. The fraction of sp³-hybridized carbons (Fsp3) is 0.182. The molecule has 0 saturated heterocycles. The van der Waals surface area contributed by atoms with Gasteiger partial charge in [0.1, 0.15) is 5.82 Å². The first-order valence-electron chi connectivity index (χ1n) is 14.3. The van der Waals surface area contributed by atoms with Gasteiger partial charge in [0, 0.05) is 34.6 Å². The normalized spacial score (nSPS) is 15.5. The molecule has 1 fully saturated rings. The van der Waals surface area contributed by atoms with Crippen molar-refractivity contribution >= 4 is 39.4 Å². The van der Waals surface area contributed by atoms with Crippen molar-refractivity contribution in [2.45, 2.75) is 37.0 Å². The number of rotatable bonds is 9. The van der Waals surface area contributed by atoms with E-state index in [1.165, 1.54) is 23.6 Å². The maximum Gasteiger partial charge on any atom is 0.355 e. The van der Waals surface area contributed by atoms with Gasteiger partial charge in [-0.05, 0) is 82.3 Å². The molecule has 7 rings (SSSR count). The number of fused-ring (bicyclic) bond motifs is 1. The molecule has 3 aromatic carbocycles. The van der Waals surface area contributed by atoms with Crippen LogP contribution in [0, 0.1) is 17.6 Å². The Balaban J connectivity index is 1.38. The summed E-state index contributed by atoms with van der Waals surface area (Å²) in [5.41, 5.74) is 6.58. The van der Waals surface area contributed by atoms with Crippen LogP contribution in [0.5, 0.6) is 0 Å². The maximum atomic E-state index is 15.4. The number of aromatic nitrogens is 3. The van der Waals surface area contributed by atoms with Crippen LogP contribution in [0.3, 0.4) is 0 Å². The van der Waals surface area contributed by atoms with E-state index >= 15 is 4.39 Å². The van der Waals surface area contributed by atoms with Crippen molar-refractivity contribution in [2.24, 2.45) is 11.1 Å². The van der Waals surface area contributed by atoms with E-state index < -0.39 is 27.1 Å². The van der Waals surface area contributed by atoms with Gasteiger partial charge in [-0.15, -0.1) is 16.5 Å². The highest BCUT2D eigenvalue weighted by molar-refractivity contribution is 7.95. The lowest BCUT2D eigenvalue weighted by Gasteiger charge is -2.11. The number of carbonyl (C=O) groups is 1. The molecular formula is C33H27F2N4O4S2+. The van der Waals surface area contributed by atoms with E-state index in [1.807, 2.05) is 30.3 Å². The summed E-state index contributed by atoms with van der Waals surface area (Å²) < 4.78 is 53.7. The Kier molecular flexibility index (Phi) is 7.32. The second-order valence-electron chi connectivity index (χ2n) is 11.4. The summed E-state index contributed by atoms with van der Waals surface area (Å²) in [7, 11) is -4.00. The van der Waals surface area contributed by atoms with E-state index in [9.17, 15) is 23.1 Å². The summed E-state index contributed by atoms with van der Waals surface area (Å²) in [4.78, 5) is 15.5. The number of carboxylic acid groups (broad SMARTS) is 1. The van der Waals surface area contributed by atoms with Crippen LogP contribution >= 0.6 is 11.3 Å². The number of allylic oxidation sites excluding steroid dienone is 1. The molecule has 2 aliphatic rings. The SMILES string of the molecule is N[S+](=O)(O)c1ccc(Cc2c(-c3ccc(F)c(C4=Cc5ccccc5C4)c3)nn(-c3nc(C(=O)O)cs3)c2CC2CC2)cc1F. The maximum absolute atomic E-state index is 15.4. The smallest absolute Gasteiger partial charge is 0.355 e. The van der Waals surface area contributed by atoms with Crippen LogP contribution in [0.25, 0.3) is 28.0 Å². The molecule has 5 aromatic rings. The zero-order valence-corrected chi connectivity index (χ0v) is 25.4. The van der Waals surface area contributed by atoms with Crippen molar-refractivity contribution in [1.29, 1.82) is 0 Å². The average molecular weight is 646 g/mol. The molecule has 1 saturated carbocycles. The summed E-state index contributed by atoms with van der Waals surface area (Å²) in [6, 6.07) is 16.7. The Labute approximate surface area is 262 Å². The van der Waals surface area contributed by atoms with Gasteiger partial charge >= 0.3 is 16.4 Å². The van der Waals surface area contributed by atoms with Crippen LogP contribution in [0.2, 0.25) is 0 Å². The molecule has 2 aliphatic carbocycles. The van der Waals surface area contributed by atoms with Gasteiger partial charge in [0.05, 0.1) is 11.4 Å². The molecule has 1 unspecified atom stereocenters. The molecule has 2 heterocycles. The second kappa shape index (κ2) is 11.2. The van der Waals surface area contributed by atoms with E-state index in [0.717, 1.165) is 52.1 Å². The first-order chi connectivity index (χ1) is 21.5. The summed E-state index contributed by atoms with van der Waals surface area (Å²) in [6.07, 6.45) is 5.45. The number of nitrogens with two attached hydrogens (primary N) is 1. The first-order valence-corrected chi connectivity index (χ1v) is 16.7. The molecule has 45 heavy (non-hydrogen) atoms. The highest BCUT2D eigenvalue weighted by Crippen LogP contribution is 2.40. The third-order valence-corrected chi connectivity index (χ3v) is 9.98. The number of carboxylic acids is 1. The predicted molar refractivity (Wildman–Crippen MR) is 168 cm³/mol. The third-order valence-electron chi connectivity index (χ3n) is 8.20. The molecule has 8 nitrogen and oxygen atoms in total. The van der Waals surface area contributed by atoms with Gasteiger partial charge in [0.15, 0.2) is 11.5 Å². The van der Waals surface area contributed by atoms with Crippen LogP contribution < -0.4 is 5.14 Å². The van der Waals surface area contributed by atoms with Crippen LogP contribution in [0.1, 0.15) is 56.8 Å². The fourth-order valence-electron chi connectivity index (χ4n) is 5.79. The van der Waals surface area contributed by atoms with Crippen molar-refractivity contribution in [3.05, 3.63) is 117 Å². The number of hydrogen-bond donors (Lipinski definition) is 3. The Hall–Kier alpha value is -4.36. The Bertz CT molecular complexity index is 2080. The fourth-order valence-corrected chi connectivity index (χ4v) is 7.17. The molecule has 12 heteroatoms. The number of hydrogen-bond acceptors (Lipinski definition) is 5. The topological polar surface area (TPSA) is 131 Å². The summed E-state index contributed by atoms with van der Waals surface area (Å²) in [5.74, 6) is -2.02. The number of thiazole rings is 1. The summed E-state index contributed by atoms with van der Waals surface area (Å²) in [6.45, 7) is 0. The van der Waals surface area contributed by atoms with Gasteiger partial charge in [0.2, 0.25) is 10.0 Å². The van der Waals surface area contributed by atoms with Gasteiger partial charge in [-0.1, -0.05) is 36.4 Å². The highest BCUT2D eigenvalue weighted by atomic mass is 32.3. The van der Waals surface area contributed by atoms with E-state index in [0.29, 0.717) is 46.3 Å². The number of benzene rings is 3. The number of nitrogens with zero attached hydrogens (tertiary/aromatic N) is 3. The molecule has 0 spiro atoms. The van der Waals surface area contributed by atoms with E-state index in [-0.39, 0.29) is 17.9 Å². The van der Waals surface area contributed by atoms with Gasteiger partial charge in [-0.25, -0.2) is 23.2 Å². The summed E-state index contributed by atoms with van der Waals surface area (Å²) in [5, 5.41) is 21.6. The molecule has 4 N–H and O–H groups in total. The number of aromatic carboxylic acids is 1. The average Bonchev–Trinajstić information content (AvgIpc) is 3.36. The third kappa shape index (κ3) is 5.77. The van der Waals surface area contributed by atoms with Crippen LogP contribution in [-0.2, 0) is 33.9 Å². The molecule has 228 valence electrons. The van der Waals surface area contributed by atoms with Crippen molar-refractivity contribution in [1.82, 2.24) is 14.8 Å². The Morgan fingerprint density at radius 2 is 1.89 bits per heavy atom. The first kappa shape index (κ1) is 29.4. The molecular weight excluding hydrogens is 619 g/mol. The zero-order valence-electron chi connectivity index (χ0n) is 23.7. The van der Waals surface area contributed by atoms with Crippen molar-refractivity contribution in [2.75, 3.05) is 0 Å². The summed E-state index contributed by atoms with van der Waals surface area (Å²) >= 11 is 1.15. The number of halogens is 2. The Morgan fingerprint density at radius 1 is 1.09 bits per heavy atom. The van der Waals surface area contributed by atoms with Crippen molar-refractivity contribution in [3.8, 4) is 16.4 Å². The van der Waals surface area contributed by atoms with E-state index in [1.54, 1.807) is 22.9 Å². The quantitative estimate of drug-likeness (QED) is 0.151. The lowest BCUT2D eigenvalue weighted by Crippen LogP contribution is -2.22. The molecule has 0 bridgehead atoms. The van der Waals surface area contributed by atoms with Gasteiger partial charge in [-0.2, -0.15) is 9.65 Å². The van der Waals surface area contributed by atoms with Crippen molar-refractivity contribution < 1.29 is 27.4 Å². The van der Waals surface area contributed by atoms with Crippen molar-refractivity contribution in [3.63, 3.8) is 0 Å². The second-order valence-corrected chi connectivity index (χ2v) is 13.8. The minimum absolute atomic E-state index is 0.102. The van der Waals surface area contributed by atoms with E-state index in [4.69, 9.17) is 10.2 Å². The van der Waals surface area contributed by atoms with Crippen LogP contribution in [-0.4, -0.2) is 30.4 Å². The monoisotopic (exact) mass is 645 g/mol. The van der Waals surface area contributed by atoms with Gasteiger partial charge in [0.25, 0.3) is 0 Å².